The summed E-state index contributed by atoms with van der Waals surface area (Å²) in [5.41, 5.74) is 3.52. The molecule has 0 radical (unpaired) electrons. The van der Waals surface area contributed by atoms with E-state index in [0.29, 0.717) is 32.6 Å². The summed E-state index contributed by atoms with van der Waals surface area (Å²) < 4.78 is 5.39. The van der Waals surface area contributed by atoms with Crippen LogP contribution in [0.25, 0.3) is 10.9 Å². The number of non-ortho nitro benzene ring substituents is 1. The van der Waals surface area contributed by atoms with Crippen LogP contribution in [0.15, 0.2) is 48.5 Å². The van der Waals surface area contributed by atoms with Gasteiger partial charge in [0.2, 0.25) is 11.8 Å². The van der Waals surface area contributed by atoms with E-state index in [1.807, 2.05) is 31.2 Å². The Morgan fingerprint density at radius 3 is 2.65 bits per heavy atom. The van der Waals surface area contributed by atoms with Crippen LogP contribution in [0.5, 0.6) is 0 Å². The summed E-state index contributed by atoms with van der Waals surface area (Å²) in [5, 5.41) is 12.2. The monoisotopic (exact) mass is 462 g/mol. The molecule has 9 nitrogen and oxygen atoms in total. The van der Waals surface area contributed by atoms with Crippen LogP contribution in [0.2, 0.25) is 0 Å². The van der Waals surface area contributed by atoms with Crippen LogP contribution in [-0.4, -0.2) is 63.9 Å². The summed E-state index contributed by atoms with van der Waals surface area (Å²) in [6.45, 7) is 3.56. The van der Waals surface area contributed by atoms with E-state index in [0.717, 1.165) is 27.7 Å². The zero-order valence-corrected chi connectivity index (χ0v) is 18.9. The van der Waals surface area contributed by atoms with Gasteiger partial charge in [-0.3, -0.25) is 19.7 Å². The van der Waals surface area contributed by atoms with Crippen LogP contribution in [0, 0.1) is 10.1 Å². The molecule has 0 aliphatic carbocycles. The van der Waals surface area contributed by atoms with Gasteiger partial charge in [0, 0.05) is 54.9 Å². The van der Waals surface area contributed by atoms with Gasteiger partial charge in [-0.15, -0.1) is 0 Å². The number of nitro groups is 1. The number of carbonyl (C=O) groups excluding carboxylic acids is 2. The number of benzene rings is 2. The van der Waals surface area contributed by atoms with Crippen molar-refractivity contribution in [1.29, 1.82) is 0 Å². The van der Waals surface area contributed by atoms with Gasteiger partial charge in [0.15, 0.2) is 0 Å². The molecular weight excluding hydrogens is 436 g/mol. The van der Waals surface area contributed by atoms with Crippen molar-refractivity contribution in [3.63, 3.8) is 0 Å². The number of nitrogens with one attached hydrogen (secondary N) is 1. The molecule has 176 valence electrons. The Morgan fingerprint density at radius 2 is 1.91 bits per heavy atom. The van der Waals surface area contributed by atoms with Crippen LogP contribution in [-0.2, 0) is 20.7 Å². The summed E-state index contributed by atoms with van der Waals surface area (Å²) >= 11 is 0. The maximum atomic E-state index is 13.5. The van der Waals surface area contributed by atoms with Crippen LogP contribution in [0.1, 0.15) is 36.2 Å². The third-order valence-corrected chi connectivity index (χ3v) is 6.68. The second kappa shape index (κ2) is 8.90. The number of hydrogen-bond acceptors (Lipinski definition) is 5. The smallest absolute Gasteiger partial charge is 0.269 e. The van der Waals surface area contributed by atoms with Gasteiger partial charge in [0.05, 0.1) is 17.5 Å². The number of piperazine rings is 1. The Morgan fingerprint density at radius 1 is 1.15 bits per heavy atom. The lowest BCUT2D eigenvalue weighted by Gasteiger charge is -2.47. The molecule has 5 rings (SSSR count). The number of hydrogen-bond donors (Lipinski definition) is 1. The summed E-state index contributed by atoms with van der Waals surface area (Å²) in [7, 11) is 0. The highest BCUT2D eigenvalue weighted by Crippen LogP contribution is 2.42. The molecule has 2 aliphatic rings. The van der Waals surface area contributed by atoms with Crippen molar-refractivity contribution < 1.29 is 19.2 Å². The largest absolute Gasteiger partial charge is 0.382 e. The molecule has 0 saturated carbocycles. The van der Waals surface area contributed by atoms with Crippen molar-refractivity contribution in [2.24, 2.45) is 0 Å². The van der Waals surface area contributed by atoms with Crippen molar-refractivity contribution in [1.82, 2.24) is 14.8 Å². The van der Waals surface area contributed by atoms with Gasteiger partial charge in [0.1, 0.15) is 6.04 Å². The topological polar surface area (TPSA) is 109 Å². The van der Waals surface area contributed by atoms with Gasteiger partial charge in [0.25, 0.3) is 5.69 Å². The number of rotatable bonds is 7. The summed E-state index contributed by atoms with van der Waals surface area (Å²) in [4.78, 5) is 44.5. The molecular formula is C25H26N4O5. The van der Waals surface area contributed by atoms with E-state index in [1.54, 1.807) is 21.9 Å². The molecule has 34 heavy (non-hydrogen) atoms. The number of para-hydroxylation sites is 1. The van der Waals surface area contributed by atoms with Gasteiger partial charge in [-0.2, -0.15) is 0 Å². The van der Waals surface area contributed by atoms with Crippen LogP contribution < -0.4 is 0 Å². The van der Waals surface area contributed by atoms with Gasteiger partial charge in [-0.25, -0.2) is 0 Å². The number of aromatic nitrogens is 1. The third-order valence-electron chi connectivity index (χ3n) is 6.68. The lowest BCUT2D eigenvalue weighted by molar-refractivity contribution is -0.384. The lowest BCUT2D eigenvalue weighted by atomic mass is 9.86. The highest BCUT2D eigenvalue weighted by molar-refractivity contribution is 5.97. The summed E-state index contributed by atoms with van der Waals surface area (Å²) in [5.74, 6) is -0.201. The number of aromatic amines is 1. The van der Waals surface area contributed by atoms with E-state index in [2.05, 4.69) is 4.98 Å². The van der Waals surface area contributed by atoms with E-state index < -0.39 is 17.0 Å². The van der Waals surface area contributed by atoms with Crippen molar-refractivity contribution >= 4 is 28.4 Å². The second-order valence-corrected chi connectivity index (χ2v) is 8.65. The fourth-order valence-electron chi connectivity index (χ4n) is 5.14. The highest BCUT2D eigenvalue weighted by Gasteiger charge is 2.48. The van der Waals surface area contributed by atoms with E-state index >= 15 is 0 Å². The zero-order chi connectivity index (χ0) is 23.8. The lowest BCUT2D eigenvalue weighted by Crippen LogP contribution is -2.63. The molecule has 1 saturated heterocycles. The number of ether oxygens (including phenoxy) is 1. The zero-order valence-electron chi connectivity index (χ0n) is 18.9. The minimum Gasteiger partial charge on any atom is -0.382 e. The maximum Gasteiger partial charge on any atom is 0.269 e. The van der Waals surface area contributed by atoms with Crippen LogP contribution in [0.4, 0.5) is 5.69 Å². The molecule has 0 unspecified atom stereocenters. The molecule has 1 aromatic heterocycles. The summed E-state index contributed by atoms with van der Waals surface area (Å²) in [6, 6.07) is 13.0. The van der Waals surface area contributed by atoms with E-state index in [9.17, 15) is 19.7 Å². The summed E-state index contributed by atoms with van der Waals surface area (Å²) in [6.07, 6.45) is 1.10. The molecule has 2 amide bonds. The SMILES string of the molecule is CCOCCCN1CC(=O)N2[C@@H](c3ccc([N+](=O)[O-])cc3)c3[nH]c4ccccc4c3C[C@H]2C1=O. The van der Waals surface area contributed by atoms with Crippen molar-refractivity contribution in [2.45, 2.75) is 31.8 Å². The number of amides is 2. The predicted octanol–water partition coefficient (Wildman–Crippen LogP) is 3.19. The molecule has 1 N–H and O–H groups in total. The van der Waals surface area contributed by atoms with Gasteiger partial charge in [-0.1, -0.05) is 18.2 Å². The van der Waals surface area contributed by atoms with E-state index in [-0.39, 0.29) is 24.0 Å². The first-order valence-electron chi connectivity index (χ1n) is 11.5. The minimum atomic E-state index is -0.625. The molecule has 9 heteroatoms. The normalized spacial score (nSPS) is 19.9. The third kappa shape index (κ3) is 3.71. The van der Waals surface area contributed by atoms with Crippen LogP contribution >= 0.6 is 0 Å². The second-order valence-electron chi connectivity index (χ2n) is 8.65. The van der Waals surface area contributed by atoms with Crippen molar-refractivity contribution in [2.75, 3.05) is 26.3 Å². The average Bonchev–Trinajstić information content (AvgIpc) is 3.22. The molecule has 0 bridgehead atoms. The average molecular weight is 463 g/mol. The molecule has 2 aliphatic heterocycles. The Balaban J connectivity index is 1.56. The van der Waals surface area contributed by atoms with Gasteiger partial charge >= 0.3 is 0 Å². The van der Waals surface area contributed by atoms with Gasteiger partial charge in [-0.05, 0) is 42.7 Å². The van der Waals surface area contributed by atoms with Crippen molar-refractivity contribution in [3.05, 3.63) is 75.5 Å². The first-order chi connectivity index (χ1) is 16.5. The fourth-order valence-corrected chi connectivity index (χ4v) is 5.14. The molecule has 2 atom stereocenters. The van der Waals surface area contributed by atoms with Gasteiger partial charge < -0.3 is 19.5 Å². The number of nitrogens with zero attached hydrogens (tertiary/aromatic N) is 3. The Hall–Kier alpha value is -3.72. The fraction of sp³-hybridized carbons (Fsp3) is 0.360. The minimum absolute atomic E-state index is 0.0144. The van der Waals surface area contributed by atoms with Crippen molar-refractivity contribution in [3.8, 4) is 0 Å². The number of H-pyrrole nitrogens is 1. The Labute approximate surface area is 196 Å². The van der Waals surface area contributed by atoms with E-state index in [4.69, 9.17) is 4.74 Å². The molecule has 1 fully saturated rings. The number of carbonyl (C=O) groups is 2. The first-order valence-corrected chi connectivity index (χ1v) is 11.5. The molecule has 3 aromatic rings. The number of fused-ring (bicyclic) bond motifs is 4. The first kappa shape index (κ1) is 22.1. The van der Waals surface area contributed by atoms with Crippen LogP contribution in [0.3, 0.4) is 0 Å². The molecule has 2 aromatic carbocycles. The predicted molar refractivity (Wildman–Crippen MR) is 125 cm³/mol. The molecule has 0 spiro atoms. The van der Waals surface area contributed by atoms with E-state index in [1.165, 1.54) is 12.1 Å². The molecule has 3 heterocycles. The Kier molecular flexibility index (Phi) is 5.79. The highest BCUT2D eigenvalue weighted by atomic mass is 16.6. The standard InChI is InChI=1S/C25H26N4O5/c1-2-34-13-5-12-27-15-22(30)28-21(25(27)31)14-19-18-6-3-4-7-20(18)26-23(19)24(28)16-8-10-17(11-9-16)29(32)33/h3-4,6-11,21,24,26H,2,5,12-15H2,1H3/t21-,24-/m0/s1. The Bertz CT molecular complexity index is 1250. The maximum absolute atomic E-state index is 13.5. The quantitative estimate of drug-likeness (QED) is 0.330. The number of nitro benzene ring substituents is 1.